The van der Waals surface area contributed by atoms with Crippen LogP contribution in [0.4, 0.5) is 4.39 Å². The summed E-state index contributed by atoms with van der Waals surface area (Å²) in [6.07, 6.45) is 2.12. The SMILES string of the molecule is C=C(CC)Oc1cc(C(=O)Oc2cc(OC(=O)c3cccc(C(=O)n4c(=O)c(F)cn(COCC)c4=O)c3)ncc2Cl)cc(O)n1. The molecular weight excluding hydrogens is 631 g/mol. The number of rotatable bonds is 11. The zero-order valence-corrected chi connectivity index (χ0v) is 24.9. The molecule has 4 aromatic rings. The van der Waals surface area contributed by atoms with E-state index in [1.165, 1.54) is 24.3 Å². The van der Waals surface area contributed by atoms with E-state index in [-0.39, 0.29) is 50.4 Å². The fourth-order valence-electron chi connectivity index (χ4n) is 3.67. The maximum Gasteiger partial charge on any atom is 0.344 e. The molecule has 16 heteroatoms. The maximum atomic E-state index is 14.3. The first-order valence-corrected chi connectivity index (χ1v) is 13.7. The van der Waals surface area contributed by atoms with Crippen molar-refractivity contribution in [1.29, 1.82) is 0 Å². The molecule has 3 aromatic heterocycles. The predicted octanol–water partition coefficient (Wildman–Crippen LogP) is 3.72. The average molecular weight is 655 g/mol. The van der Waals surface area contributed by atoms with Gasteiger partial charge in [0.15, 0.2) is 5.75 Å². The Labute approximate surface area is 263 Å². The Morgan fingerprint density at radius 3 is 2.41 bits per heavy atom. The van der Waals surface area contributed by atoms with E-state index in [1.807, 2.05) is 0 Å². The van der Waals surface area contributed by atoms with Crippen molar-refractivity contribution < 1.29 is 42.8 Å². The minimum absolute atomic E-state index is 0.0813. The van der Waals surface area contributed by atoms with E-state index in [0.717, 1.165) is 24.4 Å². The topological polar surface area (TPSA) is 178 Å². The second kappa shape index (κ2) is 14.4. The van der Waals surface area contributed by atoms with Gasteiger partial charge in [0.05, 0.1) is 29.3 Å². The van der Waals surface area contributed by atoms with E-state index in [1.54, 1.807) is 13.8 Å². The normalized spacial score (nSPS) is 10.7. The summed E-state index contributed by atoms with van der Waals surface area (Å²) in [5, 5.41) is 9.77. The molecule has 238 valence electrons. The van der Waals surface area contributed by atoms with Crippen LogP contribution in [0, 0.1) is 5.82 Å². The van der Waals surface area contributed by atoms with Gasteiger partial charge in [-0.05, 0) is 25.1 Å². The number of halogens is 2. The molecule has 0 radical (unpaired) electrons. The fourth-order valence-corrected chi connectivity index (χ4v) is 3.81. The third-order valence-electron chi connectivity index (χ3n) is 5.96. The summed E-state index contributed by atoms with van der Waals surface area (Å²) in [6.45, 7) is 6.85. The lowest BCUT2D eigenvalue weighted by atomic mass is 10.1. The molecule has 0 saturated carbocycles. The first kappa shape index (κ1) is 33.2. The summed E-state index contributed by atoms with van der Waals surface area (Å²) in [7, 11) is 0. The molecule has 0 unspecified atom stereocenters. The van der Waals surface area contributed by atoms with Gasteiger partial charge in [-0.2, -0.15) is 13.9 Å². The van der Waals surface area contributed by atoms with E-state index in [9.17, 15) is 33.5 Å². The summed E-state index contributed by atoms with van der Waals surface area (Å²) in [5.41, 5.74) is -3.31. The Morgan fingerprint density at radius 1 is 0.978 bits per heavy atom. The van der Waals surface area contributed by atoms with Gasteiger partial charge < -0.3 is 24.1 Å². The number of benzene rings is 1. The Kier molecular flexibility index (Phi) is 10.4. The fraction of sp³-hybridized carbons (Fsp3) is 0.167. The Bertz CT molecular complexity index is 1970. The van der Waals surface area contributed by atoms with Gasteiger partial charge in [-0.25, -0.2) is 19.4 Å². The monoisotopic (exact) mass is 654 g/mol. The van der Waals surface area contributed by atoms with Crippen molar-refractivity contribution in [2.24, 2.45) is 0 Å². The van der Waals surface area contributed by atoms with Gasteiger partial charge in [0, 0.05) is 36.8 Å². The lowest BCUT2D eigenvalue weighted by Gasteiger charge is -2.11. The van der Waals surface area contributed by atoms with Crippen LogP contribution in [0.5, 0.6) is 23.4 Å². The number of hydrogen-bond donors (Lipinski definition) is 1. The van der Waals surface area contributed by atoms with Crippen LogP contribution >= 0.6 is 11.6 Å². The van der Waals surface area contributed by atoms with E-state index in [4.69, 9.17) is 30.5 Å². The number of pyridine rings is 2. The van der Waals surface area contributed by atoms with Crippen LogP contribution in [0.1, 0.15) is 51.3 Å². The number of ether oxygens (including phenoxy) is 4. The lowest BCUT2D eigenvalue weighted by molar-refractivity contribution is 0.0725. The van der Waals surface area contributed by atoms with Gasteiger partial charge in [-0.1, -0.05) is 31.2 Å². The van der Waals surface area contributed by atoms with Gasteiger partial charge in [0.25, 0.3) is 11.5 Å². The highest BCUT2D eigenvalue weighted by molar-refractivity contribution is 6.32. The lowest BCUT2D eigenvalue weighted by Crippen LogP contribution is -2.45. The molecule has 4 rings (SSSR count). The highest BCUT2D eigenvalue weighted by atomic mass is 35.5. The quantitative estimate of drug-likeness (QED) is 0.183. The second-order valence-electron chi connectivity index (χ2n) is 9.16. The highest BCUT2D eigenvalue weighted by Crippen LogP contribution is 2.29. The number of allylic oxidation sites excluding steroid dienone is 1. The molecule has 46 heavy (non-hydrogen) atoms. The van der Waals surface area contributed by atoms with Crippen LogP contribution in [0.2, 0.25) is 5.02 Å². The molecule has 0 spiro atoms. The zero-order chi connectivity index (χ0) is 33.5. The van der Waals surface area contributed by atoms with Gasteiger partial charge in [0.2, 0.25) is 23.5 Å². The number of carbonyl (C=O) groups is 3. The Morgan fingerprint density at radius 2 is 1.70 bits per heavy atom. The first-order valence-electron chi connectivity index (χ1n) is 13.3. The highest BCUT2D eigenvalue weighted by Gasteiger charge is 2.22. The van der Waals surface area contributed by atoms with E-state index in [0.29, 0.717) is 22.9 Å². The molecule has 0 amide bonds. The van der Waals surface area contributed by atoms with Crippen LogP contribution in [0.25, 0.3) is 0 Å². The summed E-state index contributed by atoms with van der Waals surface area (Å²) in [5.74, 6) is -5.52. The summed E-state index contributed by atoms with van der Waals surface area (Å²) < 4.78 is 36.0. The van der Waals surface area contributed by atoms with Crippen molar-refractivity contribution in [2.45, 2.75) is 27.0 Å². The minimum Gasteiger partial charge on any atom is -0.493 e. The molecule has 1 N–H and O–H groups in total. The van der Waals surface area contributed by atoms with Gasteiger partial charge in [0.1, 0.15) is 11.8 Å². The first-order chi connectivity index (χ1) is 21.9. The zero-order valence-electron chi connectivity index (χ0n) is 24.2. The maximum absolute atomic E-state index is 14.3. The number of nitrogens with zero attached hydrogens (tertiary/aromatic N) is 4. The van der Waals surface area contributed by atoms with E-state index < -0.39 is 47.5 Å². The number of esters is 2. The van der Waals surface area contributed by atoms with Crippen LogP contribution < -0.4 is 25.5 Å². The second-order valence-corrected chi connectivity index (χ2v) is 9.56. The number of hydrogen-bond acceptors (Lipinski definition) is 12. The van der Waals surface area contributed by atoms with E-state index >= 15 is 0 Å². The molecule has 0 aliphatic rings. The third kappa shape index (κ3) is 7.69. The molecule has 1 aromatic carbocycles. The number of aromatic nitrogens is 4. The van der Waals surface area contributed by atoms with Crippen molar-refractivity contribution in [3.05, 3.63) is 116 Å². The van der Waals surface area contributed by atoms with Crippen LogP contribution in [0.3, 0.4) is 0 Å². The average Bonchev–Trinajstić information content (AvgIpc) is 3.03. The van der Waals surface area contributed by atoms with Crippen molar-refractivity contribution in [2.75, 3.05) is 6.61 Å². The van der Waals surface area contributed by atoms with Gasteiger partial charge in [-0.3, -0.25) is 14.2 Å². The third-order valence-corrected chi connectivity index (χ3v) is 6.24. The van der Waals surface area contributed by atoms with Gasteiger partial charge in [-0.15, -0.1) is 0 Å². The van der Waals surface area contributed by atoms with E-state index in [2.05, 4.69) is 16.5 Å². The molecule has 0 bridgehead atoms. The minimum atomic E-state index is -1.49. The molecular formula is C30H24ClFN4O10. The van der Waals surface area contributed by atoms with Gasteiger partial charge >= 0.3 is 17.6 Å². The number of carbonyl (C=O) groups excluding carboxylic acids is 3. The van der Waals surface area contributed by atoms with Crippen LogP contribution in [-0.4, -0.2) is 48.7 Å². The van der Waals surface area contributed by atoms with Crippen LogP contribution in [-0.2, 0) is 11.5 Å². The molecule has 14 nitrogen and oxygen atoms in total. The largest absolute Gasteiger partial charge is 0.493 e. The van der Waals surface area contributed by atoms with Crippen molar-refractivity contribution in [1.82, 2.24) is 19.1 Å². The summed E-state index contributed by atoms with van der Waals surface area (Å²) >= 11 is 6.12. The van der Waals surface area contributed by atoms with Crippen molar-refractivity contribution in [3.63, 3.8) is 0 Å². The Balaban J connectivity index is 1.54. The molecule has 0 aliphatic heterocycles. The standard InChI is InChI=1S/C30H24ClFN4O10/c1-4-16(3)44-25-11-19(10-23(37)34-25)29(41)45-22-12-24(33-13-20(22)31)46-28(40)18-8-6-7-17(9-18)26(38)36-27(39)21(32)14-35(30(36)42)15-43-5-2/h6-14H,3-5,15H2,1-2H3,(H,34,37). The smallest absolute Gasteiger partial charge is 0.344 e. The number of aromatic hydroxyl groups is 1. The molecule has 0 aliphatic carbocycles. The van der Waals surface area contributed by atoms with Crippen molar-refractivity contribution >= 4 is 29.4 Å². The van der Waals surface area contributed by atoms with Crippen molar-refractivity contribution in [3.8, 4) is 23.4 Å². The van der Waals surface area contributed by atoms with Crippen LogP contribution in [0.15, 0.2) is 76.8 Å². The molecule has 0 atom stereocenters. The molecule has 0 saturated heterocycles. The molecule has 3 heterocycles. The predicted molar refractivity (Wildman–Crippen MR) is 158 cm³/mol. The molecule has 0 fully saturated rings. The summed E-state index contributed by atoms with van der Waals surface area (Å²) in [4.78, 5) is 71.5. The Hall–Kier alpha value is -5.67. The summed E-state index contributed by atoms with van der Waals surface area (Å²) in [6, 6.07) is 8.03.